The lowest BCUT2D eigenvalue weighted by atomic mass is 10.2. The largest absolute Gasteiger partial charge is 0.327 e. The second-order valence-electron chi connectivity index (χ2n) is 4.22. The van der Waals surface area contributed by atoms with E-state index in [0.29, 0.717) is 18.2 Å². The Morgan fingerprint density at radius 1 is 1.47 bits per heavy atom. The van der Waals surface area contributed by atoms with Gasteiger partial charge in [0.25, 0.3) is 0 Å². The van der Waals surface area contributed by atoms with Crippen LogP contribution in [0.1, 0.15) is 12.7 Å². The maximum absolute atomic E-state index is 8.83. The SMILES string of the molecule is CC(CCl)Cn1c(CC#N)nc2ccccc21. The van der Waals surface area contributed by atoms with E-state index in [9.17, 15) is 0 Å². The molecule has 1 unspecified atom stereocenters. The summed E-state index contributed by atoms with van der Waals surface area (Å²) >= 11 is 5.85. The molecule has 1 aromatic carbocycles. The van der Waals surface area contributed by atoms with Gasteiger partial charge in [-0.2, -0.15) is 5.26 Å². The van der Waals surface area contributed by atoms with Crippen LogP contribution in [-0.2, 0) is 13.0 Å². The first-order valence-electron chi connectivity index (χ1n) is 5.63. The summed E-state index contributed by atoms with van der Waals surface area (Å²) in [6, 6.07) is 10.1. The van der Waals surface area contributed by atoms with Crippen LogP contribution in [0.15, 0.2) is 24.3 Å². The average Bonchev–Trinajstić information content (AvgIpc) is 2.68. The Morgan fingerprint density at radius 3 is 2.94 bits per heavy atom. The molecule has 1 atom stereocenters. The van der Waals surface area contributed by atoms with Gasteiger partial charge in [-0.05, 0) is 18.1 Å². The Balaban J connectivity index is 2.48. The summed E-state index contributed by atoms with van der Waals surface area (Å²) in [4.78, 5) is 4.49. The number of aromatic nitrogens is 2. The second kappa shape index (κ2) is 5.20. The van der Waals surface area contributed by atoms with Gasteiger partial charge in [0.1, 0.15) is 5.82 Å². The highest BCUT2D eigenvalue weighted by atomic mass is 35.5. The molecular weight excluding hydrogens is 234 g/mol. The number of rotatable bonds is 4. The van der Waals surface area contributed by atoms with Crippen molar-refractivity contribution in [3.8, 4) is 6.07 Å². The van der Waals surface area contributed by atoms with E-state index in [0.717, 1.165) is 23.4 Å². The van der Waals surface area contributed by atoms with Crippen LogP contribution >= 0.6 is 11.6 Å². The molecule has 1 heterocycles. The molecule has 88 valence electrons. The molecule has 0 fully saturated rings. The minimum atomic E-state index is 0.337. The lowest BCUT2D eigenvalue weighted by Gasteiger charge is -2.11. The lowest BCUT2D eigenvalue weighted by molar-refractivity contribution is 0.526. The maximum Gasteiger partial charge on any atom is 0.124 e. The van der Waals surface area contributed by atoms with Crippen molar-refractivity contribution in [2.45, 2.75) is 19.9 Å². The molecule has 17 heavy (non-hydrogen) atoms. The van der Waals surface area contributed by atoms with E-state index < -0.39 is 0 Å². The Bertz CT molecular complexity index is 553. The van der Waals surface area contributed by atoms with Gasteiger partial charge in [-0.1, -0.05) is 19.1 Å². The van der Waals surface area contributed by atoms with E-state index in [-0.39, 0.29) is 0 Å². The molecular formula is C13H14ClN3. The first kappa shape index (κ1) is 11.9. The number of imidazole rings is 1. The van der Waals surface area contributed by atoms with Gasteiger partial charge >= 0.3 is 0 Å². The molecule has 0 N–H and O–H groups in total. The molecule has 0 spiro atoms. The number of nitrogens with zero attached hydrogens (tertiary/aromatic N) is 3. The van der Waals surface area contributed by atoms with Crippen molar-refractivity contribution in [3.05, 3.63) is 30.1 Å². The van der Waals surface area contributed by atoms with Gasteiger partial charge in [0.05, 0.1) is 23.5 Å². The number of para-hydroxylation sites is 2. The summed E-state index contributed by atoms with van der Waals surface area (Å²) in [6.07, 6.45) is 0.337. The van der Waals surface area contributed by atoms with Crippen molar-refractivity contribution < 1.29 is 0 Å². The van der Waals surface area contributed by atoms with Gasteiger partial charge in [-0.25, -0.2) is 4.98 Å². The van der Waals surface area contributed by atoms with Crippen LogP contribution in [0, 0.1) is 17.2 Å². The molecule has 0 saturated heterocycles. The van der Waals surface area contributed by atoms with E-state index in [1.54, 1.807) is 0 Å². The Kier molecular flexibility index (Phi) is 3.65. The smallest absolute Gasteiger partial charge is 0.124 e. The summed E-state index contributed by atoms with van der Waals surface area (Å²) in [5.74, 6) is 1.80. The van der Waals surface area contributed by atoms with Crippen LogP contribution in [-0.4, -0.2) is 15.4 Å². The monoisotopic (exact) mass is 247 g/mol. The minimum Gasteiger partial charge on any atom is -0.327 e. The average molecular weight is 248 g/mol. The standard InChI is InChI=1S/C13H14ClN3/c1-10(8-14)9-17-12-5-3-2-4-11(12)16-13(17)6-7-15/h2-5,10H,6,8-9H2,1H3. The molecule has 1 aromatic heterocycles. The zero-order valence-corrected chi connectivity index (χ0v) is 10.5. The third-order valence-electron chi connectivity index (χ3n) is 2.73. The molecule has 2 rings (SSSR count). The first-order valence-corrected chi connectivity index (χ1v) is 6.16. The van der Waals surface area contributed by atoms with Crippen molar-refractivity contribution in [2.24, 2.45) is 5.92 Å². The third kappa shape index (κ3) is 2.42. The number of halogens is 1. The molecule has 4 heteroatoms. The molecule has 3 nitrogen and oxygen atoms in total. The molecule has 0 bridgehead atoms. The number of alkyl halides is 1. The zero-order chi connectivity index (χ0) is 12.3. The van der Waals surface area contributed by atoms with Crippen molar-refractivity contribution in [2.75, 3.05) is 5.88 Å². The van der Waals surface area contributed by atoms with Crippen LogP contribution < -0.4 is 0 Å². The number of hydrogen-bond acceptors (Lipinski definition) is 2. The van der Waals surface area contributed by atoms with E-state index in [2.05, 4.69) is 22.5 Å². The highest BCUT2D eigenvalue weighted by molar-refractivity contribution is 6.18. The Morgan fingerprint density at radius 2 is 2.24 bits per heavy atom. The maximum atomic E-state index is 8.83. The quantitative estimate of drug-likeness (QED) is 0.780. The molecule has 0 aliphatic rings. The first-order chi connectivity index (χ1) is 8.26. The Hall–Kier alpha value is -1.53. The van der Waals surface area contributed by atoms with Gasteiger partial charge in [0.2, 0.25) is 0 Å². The molecule has 0 saturated carbocycles. The number of fused-ring (bicyclic) bond motifs is 1. The Labute approximate surface area is 106 Å². The number of hydrogen-bond donors (Lipinski definition) is 0. The summed E-state index contributed by atoms with van der Waals surface area (Å²) in [5, 5.41) is 8.83. The number of nitriles is 1. The fourth-order valence-electron chi connectivity index (χ4n) is 1.90. The van der Waals surface area contributed by atoms with Crippen LogP contribution in [0.5, 0.6) is 0 Å². The summed E-state index contributed by atoms with van der Waals surface area (Å²) in [6.45, 7) is 2.90. The molecule has 0 aliphatic carbocycles. The minimum absolute atomic E-state index is 0.337. The van der Waals surface area contributed by atoms with Gasteiger partial charge in [-0.15, -0.1) is 11.6 Å². The van der Waals surface area contributed by atoms with E-state index in [4.69, 9.17) is 16.9 Å². The fourth-order valence-corrected chi connectivity index (χ4v) is 1.99. The predicted molar refractivity (Wildman–Crippen MR) is 68.9 cm³/mol. The van der Waals surface area contributed by atoms with E-state index in [1.807, 2.05) is 24.3 Å². The topological polar surface area (TPSA) is 41.6 Å². The van der Waals surface area contributed by atoms with Gasteiger partial charge in [0, 0.05) is 12.4 Å². The lowest BCUT2D eigenvalue weighted by Crippen LogP contribution is -2.11. The van der Waals surface area contributed by atoms with E-state index in [1.165, 1.54) is 0 Å². The molecule has 0 aliphatic heterocycles. The summed E-state index contributed by atoms with van der Waals surface area (Å²) in [7, 11) is 0. The third-order valence-corrected chi connectivity index (χ3v) is 3.26. The van der Waals surface area contributed by atoms with Crippen LogP contribution in [0.4, 0.5) is 0 Å². The predicted octanol–water partition coefficient (Wildman–Crippen LogP) is 2.98. The van der Waals surface area contributed by atoms with Crippen LogP contribution in [0.2, 0.25) is 0 Å². The van der Waals surface area contributed by atoms with E-state index >= 15 is 0 Å². The fraction of sp³-hybridized carbons (Fsp3) is 0.385. The van der Waals surface area contributed by atoms with Crippen molar-refractivity contribution in [1.82, 2.24) is 9.55 Å². The van der Waals surface area contributed by atoms with Crippen molar-refractivity contribution >= 4 is 22.6 Å². The normalized spacial score (nSPS) is 12.5. The van der Waals surface area contributed by atoms with Gasteiger partial charge in [0.15, 0.2) is 0 Å². The zero-order valence-electron chi connectivity index (χ0n) is 9.73. The van der Waals surface area contributed by atoms with Crippen molar-refractivity contribution in [3.63, 3.8) is 0 Å². The summed E-state index contributed by atoms with van der Waals surface area (Å²) in [5.41, 5.74) is 2.02. The van der Waals surface area contributed by atoms with Crippen LogP contribution in [0.3, 0.4) is 0 Å². The highest BCUT2D eigenvalue weighted by Crippen LogP contribution is 2.18. The molecule has 0 amide bonds. The second-order valence-corrected chi connectivity index (χ2v) is 4.53. The number of benzene rings is 1. The van der Waals surface area contributed by atoms with Crippen LogP contribution in [0.25, 0.3) is 11.0 Å². The highest BCUT2D eigenvalue weighted by Gasteiger charge is 2.12. The molecule has 0 radical (unpaired) electrons. The summed E-state index contributed by atoms with van der Waals surface area (Å²) < 4.78 is 2.10. The molecule has 2 aromatic rings. The van der Waals surface area contributed by atoms with Crippen molar-refractivity contribution in [1.29, 1.82) is 5.26 Å². The van der Waals surface area contributed by atoms with Gasteiger partial charge < -0.3 is 4.57 Å². The van der Waals surface area contributed by atoms with Gasteiger partial charge in [-0.3, -0.25) is 0 Å².